The van der Waals surface area contributed by atoms with Gasteiger partial charge in [-0.25, -0.2) is 0 Å². The quantitative estimate of drug-likeness (QED) is 0.637. The van der Waals surface area contributed by atoms with Crippen molar-refractivity contribution in [3.63, 3.8) is 0 Å². The van der Waals surface area contributed by atoms with Crippen LogP contribution in [0.15, 0.2) is 0 Å². The summed E-state index contributed by atoms with van der Waals surface area (Å²) in [5.74, 6) is 0.872. The molecule has 0 radical (unpaired) electrons. The monoisotopic (exact) mass is 244 g/mol. The summed E-state index contributed by atoms with van der Waals surface area (Å²) >= 11 is 5.65. The van der Waals surface area contributed by atoms with Gasteiger partial charge in [-0.1, -0.05) is 53.4 Å². The Balaban J connectivity index is 2.52. The Morgan fingerprint density at radius 1 is 1.19 bits per heavy atom. The molecule has 0 aromatic carbocycles. The van der Waals surface area contributed by atoms with Gasteiger partial charge in [0.05, 0.1) is 0 Å². The lowest BCUT2D eigenvalue weighted by molar-refractivity contribution is -0.120. The molecule has 0 saturated heterocycles. The second-order valence-corrected chi connectivity index (χ2v) is 7.20. The average Bonchev–Trinajstić information content (AvgIpc) is 2.52. The molecular formula is C14H25ClO. The van der Waals surface area contributed by atoms with Gasteiger partial charge >= 0.3 is 0 Å². The third kappa shape index (κ3) is 4.08. The molecule has 0 amide bonds. The van der Waals surface area contributed by atoms with Crippen molar-refractivity contribution < 1.29 is 4.79 Å². The highest BCUT2D eigenvalue weighted by Gasteiger charge is 2.35. The maximum Gasteiger partial charge on any atom is 0.227 e. The Kier molecular flexibility index (Phi) is 4.45. The van der Waals surface area contributed by atoms with Gasteiger partial charge in [0, 0.05) is 5.41 Å². The van der Waals surface area contributed by atoms with Crippen molar-refractivity contribution in [2.75, 3.05) is 0 Å². The van der Waals surface area contributed by atoms with Gasteiger partial charge in [-0.3, -0.25) is 4.79 Å². The van der Waals surface area contributed by atoms with E-state index >= 15 is 0 Å². The molecule has 0 aromatic heterocycles. The maximum absolute atomic E-state index is 11.3. The van der Waals surface area contributed by atoms with Gasteiger partial charge in [-0.05, 0) is 35.8 Å². The van der Waals surface area contributed by atoms with Crippen LogP contribution in [0.5, 0.6) is 0 Å². The summed E-state index contributed by atoms with van der Waals surface area (Å²) in [4.78, 5) is 11.3. The molecule has 1 fully saturated rings. The molecule has 1 aliphatic rings. The summed E-state index contributed by atoms with van der Waals surface area (Å²) in [6.07, 6.45) is 7.65. The fourth-order valence-corrected chi connectivity index (χ4v) is 3.40. The molecule has 0 N–H and O–H groups in total. The van der Waals surface area contributed by atoms with Gasteiger partial charge < -0.3 is 0 Å². The van der Waals surface area contributed by atoms with Crippen LogP contribution in [0.2, 0.25) is 0 Å². The van der Waals surface area contributed by atoms with Gasteiger partial charge in [-0.15, -0.1) is 0 Å². The predicted octanol–water partition coefficient (Wildman–Crippen LogP) is 4.77. The minimum absolute atomic E-state index is 0.202. The standard InChI is InChI=1S/C14H25ClO/c1-13(2,9-11-7-5-6-8-11)10-14(3,4)12(15)16/h11H,5-10H2,1-4H3. The first-order valence-corrected chi connectivity index (χ1v) is 6.81. The smallest absolute Gasteiger partial charge is 0.227 e. The number of carbonyl (C=O) groups is 1. The molecule has 0 aromatic rings. The van der Waals surface area contributed by atoms with Crippen LogP contribution < -0.4 is 0 Å². The maximum atomic E-state index is 11.3. The van der Waals surface area contributed by atoms with E-state index in [1.54, 1.807) is 0 Å². The van der Waals surface area contributed by atoms with E-state index in [2.05, 4.69) is 13.8 Å². The third-order valence-electron chi connectivity index (χ3n) is 3.77. The highest BCUT2D eigenvalue weighted by atomic mass is 35.5. The minimum Gasteiger partial charge on any atom is -0.281 e. The number of hydrogen-bond donors (Lipinski definition) is 0. The lowest BCUT2D eigenvalue weighted by Gasteiger charge is -2.34. The van der Waals surface area contributed by atoms with Crippen LogP contribution in [0.3, 0.4) is 0 Å². The van der Waals surface area contributed by atoms with E-state index in [-0.39, 0.29) is 16.1 Å². The number of hydrogen-bond acceptors (Lipinski definition) is 1. The Labute approximate surface area is 105 Å². The molecular weight excluding hydrogens is 220 g/mol. The Morgan fingerprint density at radius 3 is 2.12 bits per heavy atom. The fraction of sp³-hybridized carbons (Fsp3) is 0.929. The van der Waals surface area contributed by atoms with Crippen molar-refractivity contribution >= 4 is 16.8 Å². The van der Waals surface area contributed by atoms with E-state index in [1.165, 1.54) is 32.1 Å². The third-order valence-corrected chi connectivity index (χ3v) is 4.28. The summed E-state index contributed by atoms with van der Waals surface area (Å²) in [5, 5.41) is -0.202. The van der Waals surface area contributed by atoms with Crippen LogP contribution in [0.4, 0.5) is 0 Å². The molecule has 94 valence electrons. The summed E-state index contributed by atoms with van der Waals surface area (Å²) in [6.45, 7) is 8.46. The molecule has 1 rings (SSSR count). The average molecular weight is 245 g/mol. The van der Waals surface area contributed by atoms with Crippen molar-refractivity contribution in [2.24, 2.45) is 16.7 Å². The van der Waals surface area contributed by atoms with Crippen molar-refractivity contribution in [1.29, 1.82) is 0 Å². The molecule has 1 nitrogen and oxygen atoms in total. The minimum atomic E-state index is -0.385. The van der Waals surface area contributed by atoms with Crippen LogP contribution in [-0.2, 0) is 4.79 Å². The van der Waals surface area contributed by atoms with Gasteiger partial charge in [-0.2, -0.15) is 0 Å². The van der Waals surface area contributed by atoms with E-state index in [1.807, 2.05) is 13.8 Å². The first kappa shape index (κ1) is 14.0. The van der Waals surface area contributed by atoms with E-state index < -0.39 is 0 Å². The zero-order valence-corrected chi connectivity index (χ0v) is 11.9. The zero-order chi connectivity index (χ0) is 12.4. The Morgan fingerprint density at radius 2 is 1.69 bits per heavy atom. The summed E-state index contributed by atoms with van der Waals surface area (Å²) in [7, 11) is 0. The van der Waals surface area contributed by atoms with E-state index in [0.717, 1.165) is 12.3 Å². The molecule has 2 heteroatoms. The topological polar surface area (TPSA) is 17.1 Å². The number of carbonyl (C=O) groups excluding carboxylic acids is 1. The van der Waals surface area contributed by atoms with Crippen molar-refractivity contribution in [3.05, 3.63) is 0 Å². The largest absolute Gasteiger partial charge is 0.281 e. The lowest BCUT2D eigenvalue weighted by atomic mass is 9.71. The zero-order valence-electron chi connectivity index (χ0n) is 11.1. The summed E-state index contributed by atoms with van der Waals surface area (Å²) in [5.41, 5.74) is -0.160. The van der Waals surface area contributed by atoms with Crippen molar-refractivity contribution in [1.82, 2.24) is 0 Å². The normalized spacial score (nSPS) is 19.1. The Hall–Kier alpha value is -0.0400. The van der Waals surface area contributed by atoms with E-state index in [4.69, 9.17) is 11.6 Å². The van der Waals surface area contributed by atoms with Crippen LogP contribution in [0, 0.1) is 16.7 Å². The number of halogens is 1. The molecule has 0 atom stereocenters. The van der Waals surface area contributed by atoms with Gasteiger partial charge in [0.15, 0.2) is 0 Å². The van der Waals surface area contributed by atoms with E-state index in [0.29, 0.717) is 0 Å². The van der Waals surface area contributed by atoms with E-state index in [9.17, 15) is 4.79 Å². The molecule has 1 aliphatic carbocycles. The number of rotatable bonds is 5. The second kappa shape index (κ2) is 5.08. The molecule has 0 bridgehead atoms. The molecule has 0 spiro atoms. The van der Waals surface area contributed by atoms with Crippen LogP contribution >= 0.6 is 11.6 Å². The molecule has 0 aliphatic heterocycles. The summed E-state index contributed by atoms with van der Waals surface area (Å²) in [6, 6.07) is 0. The predicted molar refractivity (Wildman–Crippen MR) is 69.6 cm³/mol. The second-order valence-electron chi connectivity index (χ2n) is 6.85. The van der Waals surface area contributed by atoms with Crippen molar-refractivity contribution in [2.45, 2.75) is 66.2 Å². The first-order valence-electron chi connectivity index (χ1n) is 6.43. The Bertz CT molecular complexity index is 249. The van der Waals surface area contributed by atoms with Crippen LogP contribution in [0.1, 0.15) is 66.2 Å². The first-order chi connectivity index (χ1) is 7.23. The molecule has 0 heterocycles. The molecule has 0 unspecified atom stereocenters. The highest BCUT2D eigenvalue weighted by Crippen LogP contribution is 2.42. The fourth-order valence-electron chi connectivity index (χ4n) is 3.33. The van der Waals surface area contributed by atoms with Gasteiger partial charge in [0.2, 0.25) is 5.24 Å². The van der Waals surface area contributed by atoms with Crippen LogP contribution in [0.25, 0.3) is 0 Å². The van der Waals surface area contributed by atoms with Gasteiger partial charge in [0.25, 0.3) is 0 Å². The highest BCUT2D eigenvalue weighted by molar-refractivity contribution is 6.64. The molecule has 1 saturated carbocycles. The van der Waals surface area contributed by atoms with Gasteiger partial charge in [0.1, 0.15) is 0 Å². The molecule has 16 heavy (non-hydrogen) atoms. The lowest BCUT2D eigenvalue weighted by Crippen LogP contribution is -2.29. The summed E-state index contributed by atoms with van der Waals surface area (Å²) < 4.78 is 0. The van der Waals surface area contributed by atoms with Crippen LogP contribution in [-0.4, -0.2) is 5.24 Å². The SMILES string of the molecule is CC(C)(CC1CCCC1)CC(C)(C)C(=O)Cl. The van der Waals surface area contributed by atoms with Crippen molar-refractivity contribution in [3.8, 4) is 0 Å².